The van der Waals surface area contributed by atoms with Crippen molar-refractivity contribution in [2.45, 2.75) is 6.92 Å². The Morgan fingerprint density at radius 3 is 2.00 bits per heavy atom. The van der Waals surface area contributed by atoms with Gasteiger partial charge in [0.05, 0.1) is 11.4 Å². The Kier molecular flexibility index (Phi) is 5.57. The first-order chi connectivity index (χ1) is 12.7. The fourth-order valence-electron chi connectivity index (χ4n) is 2.16. The molecule has 1 N–H and O–H groups in total. The first-order valence-electron chi connectivity index (χ1n) is 8.06. The number of hydrogen-bond acceptors (Lipinski definition) is 5. The second-order valence-corrected chi connectivity index (χ2v) is 5.47. The van der Waals surface area contributed by atoms with Crippen molar-refractivity contribution in [3.8, 4) is 0 Å². The second kappa shape index (κ2) is 8.43. The van der Waals surface area contributed by atoms with Gasteiger partial charge in [-0.2, -0.15) is 5.11 Å². The molecule has 0 aliphatic carbocycles. The molecule has 0 saturated heterocycles. The van der Waals surface area contributed by atoms with Crippen LogP contribution in [0.25, 0.3) is 0 Å². The summed E-state index contributed by atoms with van der Waals surface area (Å²) in [5.41, 5.74) is 6.21. The lowest BCUT2D eigenvalue weighted by atomic mass is 10.1. The number of hydrogen-bond donors (Lipinski definition) is 1. The smallest absolute Gasteiger partial charge is 0.159 e. The summed E-state index contributed by atoms with van der Waals surface area (Å²) in [5.74, 6) is 0.0240. The van der Waals surface area contributed by atoms with E-state index in [-0.39, 0.29) is 5.78 Å². The maximum Gasteiger partial charge on any atom is 0.159 e. The van der Waals surface area contributed by atoms with Crippen molar-refractivity contribution >= 4 is 28.5 Å². The summed E-state index contributed by atoms with van der Waals surface area (Å²) in [6.07, 6.45) is 0. The summed E-state index contributed by atoms with van der Waals surface area (Å²) >= 11 is 0. The number of nitrogens with one attached hydrogen (secondary N) is 1. The van der Waals surface area contributed by atoms with Gasteiger partial charge in [0.1, 0.15) is 11.4 Å². The number of azo groups is 1. The third-order valence-electron chi connectivity index (χ3n) is 3.54. The molecule has 0 fully saturated rings. The van der Waals surface area contributed by atoms with E-state index in [1.54, 1.807) is 24.3 Å². The molecule has 0 saturated carbocycles. The summed E-state index contributed by atoms with van der Waals surface area (Å²) in [6.45, 7) is 1.53. The molecule has 0 aliphatic rings. The normalized spacial score (nSPS) is 11.1. The molecule has 0 radical (unpaired) electrons. The predicted octanol–water partition coefficient (Wildman–Crippen LogP) is 6.42. The molecule has 6 nitrogen and oxygen atoms in total. The molecule has 6 heteroatoms. The van der Waals surface area contributed by atoms with E-state index in [4.69, 9.17) is 0 Å². The van der Waals surface area contributed by atoms with Crippen molar-refractivity contribution in [3.05, 3.63) is 84.4 Å². The molecule has 0 spiro atoms. The molecule has 0 aromatic heterocycles. The third-order valence-corrected chi connectivity index (χ3v) is 3.54. The van der Waals surface area contributed by atoms with Crippen molar-refractivity contribution in [1.82, 2.24) is 0 Å². The summed E-state index contributed by atoms with van der Waals surface area (Å²) < 4.78 is 0. The maximum atomic E-state index is 11.3. The largest absolute Gasteiger partial charge is 0.295 e. The van der Waals surface area contributed by atoms with Gasteiger partial charge >= 0.3 is 0 Å². The van der Waals surface area contributed by atoms with Crippen molar-refractivity contribution in [2.24, 2.45) is 20.6 Å². The molecule has 3 aromatic carbocycles. The molecule has 128 valence electrons. The zero-order valence-corrected chi connectivity index (χ0v) is 14.2. The number of carbonyl (C=O) groups excluding carboxylic acids is 1. The van der Waals surface area contributed by atoms with Gasteiger partial charge in [0.25, 0.3) is 0 Å². The van der Waals surface area contributed by atoms with E-state index in [0.29, 0.717) is 16.9 Å². The lowest BCUT2D eigenvalue weighted by Gasteiger charge is -2.01. The molecular formula is C20H17N5O. The van der Waals surface area contributed by atoms with Crippen LogP contribution in [0.5, 0.6) is 0 Å². The molecule has 3 aromatic rings. The van der Waals surface area contributed by atoms with E-state index >= 15 is 0 Å². The Balaban J connectivity index is 1.70. The molecule has 0 heterocycles. The van der Waals surface area contributed by atoms with Crippen LogP contribution in [0, 0.1) is 0 Å². The van der Waals surface area contributed by atoms with E-state index < -0.39 is 0 Å². The molecule has 26 heavy (non-hydrogen) atoms. The molecule has 0 aliphatic heterocycles. The average Bonchev–Trinajstić information content (AvgIpc) is 2.68. The third kappa shape index (κ3) is 4.67. The van der Waals surface area contributed by atoms with E-state index in [9.17, 15) is 4.79 Å². The Labute approximate surface area is 151 Å². The van der Waals surface area contributed by atoms with E-state index in [1.807, 2.05) is 54.6 Å². The van der Waals surface area contributed by atoms with Gasteiger partial charge in [-0.15, -0.1) is 10.2 Å². The average molecular weight is 343 g/mol. The van der Waals surface area contributed by atoms with Crippen LogP contribution < -0.4 is 5.43 Å². The number of ketones is 1. The van der Waals surface area contributed by atoms with Crippen LogP contribution in [0.2, 0.25) is 0 Å². The Hall–Kier alpha value is -3.67. The topological polar surface area (TPSA) is 78.5 Å². The Morgan fingerprint density at radius 1 is 0.731 bits per heavy atom. The van der Waals surface area contributed by atoms with Crippen LogP contribution in [0.3, 0.4) is 0 Å². The number of nitrogens with zero attached hydrogens (tertiary/aromatic N) is 4. The van der Waals surface area contributed by atoms with E-state index in [2.05, 4.69) is 26.0 Å². The zero-order chi connectivity index (χ0) is 18.2. The van der Waals surface area contributed by atoms with Crippen molar-refractivity contribution in [2.75, 3.05) is 5.43 Å². The van der Waals surface area contributed by atoms with Crippen LogP contribution in [0.4, 0.5) is 22.7 Å². The number of carbonyl (C=O) groups is 1. The van der Waals surface area contributed by atoms with E-state index in [0.717, 1.165) is 11.4 Å². The van der Waals surface area contributed by atoms with Crippen LogP contribution in [0.1, 0.15) is 17.3 Å². The summed E-state index contributed by atoms with van der Waals surface area (Å²) in [7, 11) is 0. The number of benzene rings is 3. The first kappa shape index (κ1) is 17.2. The molecule has 0 atom stereocenters. The first-order valence-corrected chi connectivity index (χ1v) is 8.06. The highest BCUT2D eigenvalue weighted by molar-refractivity contribution is 5.94. The number of anilines is 1. The minimum absolute atomic E-state index is 0.0240. The fourth-order valence-corrected chi connectivity index (χ4v) is 2.16. The zero-order valence-electron chi connectivity index (χ0n) is 14.2. The van der Waals surface area contributed by atoms with Crippen molar-refractivity contribution in [3.63, 3.8) is 0 Å². The lowest BCUT2D eigenvalue weighted by molar-refractivity contribution is 0.101. The van der Waals surface area contributed by atoms with Gasteiger partial charge in [0.15, 0.2) is 5.78 Å². The van der Waals surface area contributed by atoms with Gasteiger partial charge in [0, 0.05) is 5.56 Å². The molecule has 3 rings (SSSR count). The van der Waals surface area contributed by atoms with Crippen LogP contribution >= 0.6 is 0 Å². The van der Waals surface area contributed by atoms with Gasteiger partial charge in [-0.05, 0) is 55.5 Å². The minimum Gasteiger partial charge on any atom is -0.295 e. The number of rotatable bonds is 6. The highest BCUT2D eigenvalue weighted by Crippen LogP contribution is 2.29. The van der Waals surface area contributed by atoms with Crippen LogP contribution in [-0.2, 0) is 0 Å². The highest BCUT2D eigenvalue weighted by atomic mass is 16.1. The highest BCUT2D eigenvalue weighted by Gasteiger charge is 2.00. The maximum absolute atomic E-state index is 11.3. The molecule has 0 amide bonds. The quantitative estimate of drug-likeness (QED) is 0.318. The molecule has 0 unspecified atom stereocenters. The van der Waals surface area contributed by atoms with Crippen molar-refractivity contribution < 1.29 is 4.79 Å². The van der Waals surface area contributed by atoms with Gasteiger partial charge < -0.3 is 0 Å². The molecular weight excluding hydrogens is 326 g/mol. The summed E-state index contributed by atoms with van der Waals surface area (Å²) in [6, 6.07) is 23.9. The lowest BCUT2D eigenvalue weighted by Crippen LogP contribution is -1.92. The van der Waals surface area contributed by atoms with Gasteiger partial charge in [-0.25, -0.2) is 0 Å². The Bertz CT molecular complexity index is 934. The Morgan fingerprint density at radius 2 is 1.35 bits per heavy atom. The van der Waals surface area contributed by atoms with Gasteiger partial charge in [-0.1, -0.05) is 35.6 Å². The van der Waals surface area contributed by atoms with Crippen molar-refractivity contribution in [1.29, 1.82) is 0 Å². The summed E-state index contributed by atoms with van der Waals surface area (Å²) in [4.78, 5) is 11.3. The fraction of sp³-hybridized carbons (Fsp3) is 0.0500. The van der Waals surface area contributed by atoms with Crippen LogP contribution in [-0.4, -0.2) is 5.78 Å². The molecule has 0 bridgehead atoms. The van der Waals surface area contributed by atoms with Crippen LogP contribution in [0.15, 0.2) is 99.4 Å². The number of Topliss-reactive ketones (excluding diaryl/α,β-unsaturated/α-hetero) is 1. The monoisotopic (exact) mass is 343 g/mol. The van der Waals surface area contributed by atoms with Gasteiger partial charge in [-0.3, -0.25) is 10.2 Å². The SMILES string of the molecule is CC(=O)c1ccc(NN=Nc2ccccc2N=Nc2ccccc2)cc1. The minimum atomic E-state index is 0.0240. The predicted molar refractivity (Wildman–Crippen MR) is 102 cm³/mol. The standard InChI is InChI=1S/C20H17N5O/c1-15(26)16-11-13-18(14-12-16)22-25-24-20-10-6-5-9-19(20)23-21-17-7-3-2-4-8-17/h2-14H,1H3,(H,22,24). The van der Waals surface area contributed by atoms with E-state index in [1.165, 1.54) is 6.92 Å². The van der Waals surface area contributed by atoms with Gasteiger partial charge in [0.2, 0.25) is 0 Å². The second-order valence-electron chi connectivity index (χ2n) is 5.47. The summed E-state index contributed by atoms with van der Waals surface area (Å²) in [5, 5.41) is 16.6.